The Morgan fingerprint density at radius 3 is 2.92 bits per heavy atom. The number of aromatic nitrogens is 2. The lowest BCUT2D eigenvalue weighted by Gasteiger charge is -1.96. The Labute approximate surface area is 141 Å². The number of nitrogens with zero attached hydrogens (tertiary/aromatic N) is 5. The van der Waals surface area contributed by atoms with Crippen molar-refractivity contribution in [1.82, 2.24) is 9.97 Å². The summed E-state index contributed by atoms with van der Waals surface area (Å²) in [7, 11) is 0. The van der Waals surface area contributed by atoms with E-state index in [4.69, 9.17) is 10.2 Å². The molecular formula is C16H12N6O3. The highest BCUT2D eigenvalue weighted by Crippen LogP contribution is 2.25. The number of rotatable bonds is 5. The molecule has 0 spiro atoms. The second-order valence-corrected chi connectivity index (χ2v) is 4.83. The van der Waals surface area contributed by atoms with E-state index in [1.165, 1.54) is 36.9 Å². The van der Waals surface area contributed by atoms with E-state index < -0.39 is 4.92 Å². The van der Waals surface area contributed by atoms with Crippen LogP contribution >= 0.6 is 0 Å². The summed E-state index contributed by atoms with van der Waals surface area (Å²) in [5.41, 5.74) is 6.74. The molecule has 0 saturated carbocycles. The summed E-state index contributed by atoms with van der Waals surface area (Å²) in [5, 5.41) is 18.5. The molecule has 25 heavy (non-hydrogen) atoms. The van der Waals surface area contributed by atoms with Gasteiger partial charge in [-0.05, 0) is 12.1 Å². The summed E-state index contributed by atoms with van der Waals surface area (Å²) in [6, 6.07) is 9.53. The molecule has 0 aliphatic carbocycles. The molecule has 0 amide bonds. The minimum Gasteiger partial charge on any atom is -0.455 e. The molecule has 0 aliphatic heterocycles. The van der Waals surface area contributed by atoms with Gasteiger partial charge in [-0.25, -0.2) is 4.98 Å². The number of nitro benzene ring substituents is 1. The largest absolute Gasteiger partial charge is 0.455 e. The highest BCUT2D eigenvalue weighted by molar-refractivity contribution is 5.95. The predicted molar refractivity (Wildman–Crippen MR) is 91.1 cm³/mol. The van der Waals surface area contributed by atoms with Gasteiger partial charge in [-0.1, -0.05) is 12.1 Å². The molecule has 2 N–H and O–H groups in total. The van der Waals surface area contributed by atoms with Crippen LogP contribution in [0.15, 0.2) is 69.6 Å². The number of non-ortho nitro benzene ring substituents is 1. The summed E-state index contributed by atoms with van der Waals surface area (Å²) in [6.07, 6.45) is 5.88. The van der Waals surface area contributed by atoms with Crippen LogP contribution in [0.5, 0.6) is 0 Å². The van der Waals surface area contributed by atoms with Crippen molar-refractivity contribution >= 4 is 17.7 Å². The van der Waals surface area contributed by atoms with Crippen LogP contribution in [0.4, 0.5) is 5.69 Å². The Kier molecular flexibility index (Phi) is 4.56. The summed E-state index contributed by atoms with van der Waals surface area (Å²) in [6.45, 7) is 0. The van der Waals surface area contributed by atoms with Crippen molar-refractivity contribution in [1.29, 1.82) is 0 Å². The molecule has 2 heterocycles. The van der Waals surface area contributed by atoms with Crippen LogP contribution < -0.4 is 5.73 Å². The lowest BCUT2D eigenvalue weighted by Crippen LogP contribution is -2.14. The van der Waals surface area contributed by atoms with Gasteiger partial charge in [0.2, 0.25) is 0 Å². The van der Waals surface area contributed by atoms with Crippen LogP contribution in [-0.4, -0.2) is 26.9 Å². The zero-order chi connectivity index (χ0) is 17.6. The van der Waals surface area contributed by atoms with Gasteiger partial charge in [0, 0.05) is 30.1 Å². The van der Waals surface area contributed by atoms with Gasteiger partial charge in [0.05, 0.1) is 17.3 Å². The Morgan fingerprint density at radius 1 is 1.28 bits per heavy atom. The minimum absolute atomic E-state index is 0.00883. The lowest BCUT2D eigenvalue weighted by atomic mass is 10.1. The number of hydrogen-bond acceptors (Lipinski definition) is 7. The van der Waals surface area contributed by atoms with E-state index in [-0.39, 0.29) is 11.5 Å². The second kappa shape index (κ2) is 7.13. The standard InChI is InChI=1S/C16H12N6O3/c17-16(14-10-18-6-7-19-14)21-20-9-13-4-5-15(25-13)11-2-1-3-12(8-11)22(23)24/h1-10H,(H2,17,21). The van der Waals surface area contributed by atoms with Crippen molar-refractivity contribution in [3.05, 3.63) is 76.6 Å². The zero-order valence-electron chi connectivity index (χ0n) is 12.8. The van der Waals surface area contributed by atoms with E-state index >= 15 is 0 Å². The number of hydrogen-bond donors (Lipinski definition) is 1. The normalized spacial score (nSPS) is 11.8. The van der Waals surface area contributed by atoms with Crippen LogP contribution in [0.2, 0.25) is 0 Å². The first-order valence-corrected chi connectivity index (χ1v) is 7.11. The molecule has 1 aromatic carbocycles. The van der Waals surface area contributed by atoms with E-state index in [1.54, 1.807) is 24.3 Å². The quantitative estimate of drug-likeness (QED) is 0.329. The molecule has 9 nitrogen and oxygen atoms in total. The van der Waals surface area contributed by atoms with Crippen molar-refractivity contribution in [2.45, 2.75) is 0 Å². The van der Waals surface area contributed by atoms with Crippen molar-refractivity contribution in [3.63, 3.8) is 0 Å². The zero-order valence-corrected chi connectivity index (χ0v) is 12.8. The van der Waals surface area contributed by atoms with Gasteiger partial charge in [-0.2, -0.15) is 5.10 Å². The third-order valence-electron chi connectivity index (χ3n) is 3.14. The summed E-state index contributed by atoms with van der Waals surface area (Å²) < 4.78 is 5.58. The van der Waals surface area contributed by atoms with Crippen molar-refractivity contribution in [2.24, 2.45) is 15.9 Å². The fourth-order valence-electron chi connectivity index (χ4n) is 1.98. The first-order chi connectivity index (χ1) is 12.1. The number of nitro groups is 1. The Balaban J connectivity index is 1.76. The van der Waals surface area contributed by atoms with Gasteiger partial charge in [0.15, 0.2) is 5.84 Å². The Bertz CT molecular complexity index is 949. The van der Waals surface area contributed by atoms with Crippen LogP contribution in [0.1, 0.15) is 11.5 Å². The smallest absolute Gasteiger partial charge is 0.270 e. The monoisotopic (exact) mass is 336 g/mol. The molecule has 0 radical (unpaired) electrons. The topological polar surface area (TPSA) is 133 Å². The number of furan rings is 1. The maximum atomic E-state index is 10.8. The maximum Gasteiger partial charge on any atom is 0.270 e. The van der Waals surface area contributed by atoms with E-state index in [1.807, 2.05) is 0 Å². The van der Waals surface area contributed by atoms with Crippen molar-refractivity contribution in [3.8, 4) is 11.3 Å². The van der Waals surface area contributed by atoms with Gasteiger partial charge in [-0.3, -0.25) is 15.1 Å². The third-order valence-corrected chi connectivity index (χ3v) is 3.14. The summed E-state index contributed by atoms with van der Waals surface area (Å²) in [5.74, 6) is 1.03. The molecule has 0 unspecified atom stereocenters. The van der Waals surface area contributed by atoms with Crippen LogP contribution in [0.25, 0.3) is 11.3 Å². The summed E-state index contributed by atoms with van der Waals surface area (Å²) in [4.78, 5) is 18.3. The van der Waals surface area contributed by atoms with Crippen molar-refractivity contribution < 1.29 is 9.34 Å². The average Bonchev–Trinajstić information content (AvgIpc) is 3.11. The SMILES string of the molecule is NC(=NN=Cc1ccc(-c2cccc([N+](=O)[O-])c2)o1)c1cnccn1. The predicted octanol–water partition coefficient (Wildman–Crippen LogP) is 2.38. The third kappa shape index (κ3) is 3.91. The Hall–Kier alpha value is -3.88. The number of benzene rings is 1. The molecule has 0 saturated heterocycles. The number of nitrogens with two attached hydrogens (primary N) is 1. The first kappa shape index (κ1) is 16.0. The molecule has 124 valence electrons. The molecule has 3 aromatic rings. The average molecular weight is 336 g/mol. The molecule has 0 aliphatic rings. The van der Waals surface area contributed by atoms with E-state index in [9.17, 15) is 10.1 Å². The molecule has 0 bridgehead atoms. The van der Waals surface area contributed by atoms with E-state index in [0.29, 0.717) is 22.8 Å². The molecular weight excluding hydrogens is 324 g/mol. The fourth-order valence-corrected chi connectivity index (χ4v) is 1.98. The van der Waals surface area contributed by atoms with Gasteiger partial charge < -0.3 is 10.2 Å². The molecule has 9 heteroatoms. The van der Waals surface area contributed by atoms with Crippen LogP contribution in [-0.2, 0) is 0 Å². The maximum absolute atomic E-state index is 10.8. The van der Waals surface area contributed by atoms with Gasteiger partial charge in [0.25, 0.3) is 5.69 Å². The van der Waals surface area contributed by atoms with E-state index in [2.05, 4.69) is 20.2 Å². The van der Waals surface area contributed by atoms with Gasteiger partial charge in [0.1, 0.15) is 17.2 Å². The number of amidine groups is 1. The summed E-state index contributed by atoms with van der Waals surface area (Å²) >= 11 is 0. The molecule has 2 aromatic heterocycles. The molecule has 0 atom stereocenters. The van der Waals surface area contributed by atoms with E-state index in [0.717, 1.165) is 0 Å². The van der Waals surface area contributed by atoms with Gasteiger partial charge in [-0.15, -0.1) is 5.10 Å². The fraction of sp³-hybridized carbons (Fsp3) is 0. The molecule has 3 rings (SSSR count). The second-order valence-electron chi connectivity index (χ2n) is 4.83. The van der Waals surface area contributed by atoms with Crippen molar-refractivity contribution in [2.75, 3.05) is 0 Å². The van der Waals surface area contributed by atoms with Gasteiger partial charge >= 0.3 is 0 Å². The molecule has 0 fully saturated rings. The minimum atomic E-state index is -0.460. The van der Waals surface area contributed by atoms with Crippen LogP contribution in [0.3, 0.4) is 0 Å². The highest BCUT2D eigenvalue weighted by Gasteiger charge is 2.09. The lowest BCUT2D eigenvalue weighted by molar-refractivity contribution is -0.384. The Morgan fingerprint density at radius 2 is 2.16 bits per heavy atom. The van der Waals surface area contributed by atoms with Crippen LogP contribution in [0, 0.1) is 10.1 Å². The highest BCUT2D eigenvalue weighted by atomic mass is 16.6. The first-order valence-electron chi connectivity index (χ1n) is 7.11.